The Bertz CT molecular complexity index is 1100. The first-order chi connectivity index (χ1) is 13.9. The van der Waals surface area contributed by atoms with Gasteiger partial charge < -0.3 is 0 Å². The van der Waals surface area contributed by atoms with Crippen molar-refractivity contribution in [2.45, 2.75) is 36.0 Å². The molecular formula is C23H21FN4S. The molecule has 0 aliphatic heterocycles. The molecule has 0 saturated carbocycles. The molecule has 4 aromatic rings. The first-order valence-corrected chi connectivity index (χ1v) is 10.1. The topological polar surface area (TPSA) is 43.6 Å². The molecule has 6 heteroatoms. The zero-order valence-corrected chi connectivity index (χ0v) is 17.3. The van der Waals surface area contributed by atoms with Crippen LogP contribution in [0.2, 0.25) is 0 Å². The van der Waals surface area contributed by atoms with Gasteiger partial charge in [-0.1, -0.05) is 67.6 Å². The van der Waals surface area contributed by atoms with Crippen molar-refractivity contribution in [3.63, 3.8) is 0 Å². The van der Waals surface area contributed by atoms with E-state index in [2.05, 4.69) is 84.4 Å². The van der Waals surface area contributed by atoms with Gasteiger partial charge >= 0.3 is 0 Å². The van der Waals surface area contributed by atoms with Gasteiger partial charge in [-0.25, -0.2) is 19.0 Å². The van der Waals surface area contributed by atoms with Crippen molar-refractivity contribution in [3.8, 4) is 5.95 Å². The highest BCUT2D eigenvalue weighted by atomic mass is 32.2. The molecule has 146 valence electrons. The van der Waals surface area contributed by atoms with Gasteiger partial charge in [-0.3, -0.25) is 0 Å². The third-order valence-electron chi connectivity index (χ3n) is 4.96. The van der Waals surface area contributed by atoms with E-state index in [1.54, 1.807) is 24.2 Å². The molecule has 0 N–H and O–H groups in total. The Kier molecular flexibility index (Phi) is 5.20. The fraction of sp³-hybridized carbons (Fsp3) is 0.174. The SMILES string of the molecule is Cc1ccc(C(C)(C)c2ccc(Sc3cnc(-n4cc(F)cn4)nc3)cc2)cc1. The van der Waals surface area contributed by atoms with E-state index >= 15 is 0 Å². The number of hydrogen-bond donors (Lipinski definition) is 0. The highest BCUT2D eigenvalue weighted by Crippen LogP contribution is 2.34. The summed E-state index contributed by atoms with van der Waals surface area (Å²) in [6.07, 6.45) is 5.82. The summed E-state index contributed by atoms with van der Waals surface area (Å²) in [5.74, 6) is -0.0749. The molecular weight excluding hydrogens is 383 g/mol. The van der Waals surface area contributed by atoms with Gasteiger partial charge in [0.05, 0.1) is 12.4 Å². The van der Waals surface area contributed by atoms with Crippen LogP contribution >= 0.6 is 11.8 Å². The van der Waals surface area contributed by atoms with Gasteiger partial charge in [-0.2, -0.15) is 5.10 Å². The van der Waals surface area contributed by atoms with Gasteiger partial charge in [-0.05, 0) is 30.2 Å². The van der Waals surface area contributed by atoms with Crippen molar-refractivity contribution < 1.29 is 4.39 Å². The van der Waals surface area contributed by atoms with E-state index in [0.717, 1.165) is 16.0 Å². The predicted molar refractivity (Wildman–Crippen MR) is 113 cm³/mol. The van der Waals surface area contributed by atoms with Crippen LogP contribution in [0.5, 0.6) is 0 Å². The maximum atomic E-state index is 13.1. The summed E-state index contributed by atoms with van der Waals surface area (Å²) in [4.78, 5) is 10.5. The number of rotatable bonds is 5. The summed E-state index contributed by atoms with van der Waals surface area (Å²) in [5.41, 5.74) is 3.75. The van der Waals surface area contributed by atoms with Crippen molar-refractivity contribution >= 4 is 11.8 Å². The summed E-state index contributed by atoms with van der Waals surface area (Å²) in [7, 11) is 0. The molecule has 29 heavy (non-hydrogen) atoms. The molecule has 0 aliphatic carbocycles. The number of aryl methyl sites for hydroxylation is 1. The Labute approximate surface area is 173 Å². The zero-order chi connectivity index (χ0) is 20.4. The van der Waals surface area contributed by atoms with Crippen LogP contribution in [0.15, 0.2) is 83.1 Å². The minimum Gasteiger partial charge on any atom is -0.218 e. The first kappa shape index (κ1) is 19.3. The average molecular weight is 405 g/mol. The number of hydrogen-bond acceptors (Lipinski definition) is 4. The fourth-order valence-corrected chi connectivity index (χ4v) is 3.86. The molecule has 0 bridgehead atoms. The lowest BCUT2D eigenvalue weighted by molar-refractivity contribution is 0.626. The molecule has 0 saturated heterocycles. The monoisotopic (exact) mass is 404 g/mol. The highest BCUT2D eigenvalue weighted by Gasteiger charge is 2.22. The number of nitrogens with zero attached hydrogens (tertiary/aromatic N) is 4. The van der Waals surface area contributed by atoms with Crippen molar-refractivity contribution in [2.75, 3.05) is 0 Å². The Morgan fingerprint density at radius 1 is 0.828 bits per heavy atom. The van der Waals surface area contributed by atoms with Gasteiger partial charge in [0.15, 0.2) is 5.82 Å². The van der Waals surface area contributed by atoms with Crippen molar-refractivity contribution in [1.29, 1.82) is 0 Å². The van der Waals surface area contributed by atoms with E-state index in [0.29, 0.717) is 5.95 Å². The van der Waals surface area contributed by atoms with Crippen LogP contribution in [-0.2, 0) is 5.41 Å². The van der Waals surface area contributed by atoms with Crippen LogP contribution in [-0.4, -0.2) is 19.7 Å². The molecule has 4 nitrogen and oxygen atoms in total. The minimum absolute atomic E-state index is 0.0688. The maximum Gasteiger partial charge on any atom is 0.250 e. The van der Waals surface area contributed by atoms with Crippen molar-refractivity contribution in [1.82, 2.24) is 19.7 Å². The molecule has 2 aromatic carbocycles. The Balaban J connectivity index is 1.48. The number of benzene rings is 2. The smallest absolute Gasteiger partial charge is 0.218 e. The Morgan fingerprint density at radius 3 is 1.97 bits per heavy atom. The van der Waals surface area contributed by atoms with E-state index in [9.17, 15) is 4.39 Å². The van der Waals surface area contributed by atoms with Gasteiger partial charge in [0, 0.05) is 27.6 Å². The molecule has 0 spiro atoms. The van der Waals surface area contributed by atoms with Gasteiger partial charge in [-0.15, -0.1) is 0 Å². The van der Waals surface area contributed by atoms with E-state index in [1.807, 2.05) is 0 Å². The largest absolute Gasteiger partial charge is 0.250 e. The maximum absolute atomic E-state index is 13.1. The van der Waals surface area contributed by atoms with E-state index in [-0.39, 0.29) is 5.41 Å². The van der Waals surface area contributed by atoms with E-state index in [1.165, 1.54) is 27.6 Å². The van der Waals surface area contributed by atoms with Crippen LogP contribution in [0.25, 0.3) is 5.95 Å². The average Bonchev–Trinajstić information content (AvgIpc) is 3.16. The van der Waals surface area contributed by atoms with Crippen LogP contribution < -0.4 is 0 Å². The molecule has 0 atom stereocenters. The lowest BCUT2D eigenvalue weighted by Crippen LogP contribution is -2.18. The zero-order valence-electron chi connectivity index (χ0n) is 16.5. The van der Waals surface area contributed by atoms with Crippen molar-refractivity contribution in [3.05, 3.63) is 95.8 Å². The lowest BCUT2D eigenvalue weighted by Gasteiger charge is -2.26. The summed E-state index contributed by atoms with van der Waals surface area (Å²) in [5, 5.41) is 3.87. The second-order valence-electron chi connectivity index (χ2n) is 7.44. The quantitative estimate of drug-likeness (QED) is 0.435. The second-order valence-corrected chi connectivity index (χ2v) is 8.59. The minimum atomic E-state index is -0.416. The highest BCUT2D eigenvalue weighted by molar-refractivity contribution is 7.99. The molecule has 0 aliphatic rings. The first-order valence-electron chi connectivity index (χ1n) is 9.30. The molecule has 0 unspecified atom stereocenters. The molecule has 0 fully saturated rings. The van der Waals surface area contributed by atoms with Crippen LogP contribution in [0, 0.1) is 12.7 Å². The molecule has 0 radical (unpaired) electrons. The summed E-state index contributed by atoms with van der Waals surface area (Å²) >= 11 is 1.59. The predicted octanol–water partition coefficient (Wildman–Crippen LogP) is 5.59. The van der Waals surface area contributed by atoms with E-state index in [4.69, 9.17) is 0 Å². The summed E-state index contributed by atoms with van der Waals surface area (Å²) in [6, 6.07) is 17.3. The van der Waals surface area contributed by atoms with Crippen molar-refractivity contribution in [2.24, 2.45) is 0 Å². The molecule has 2 aromatic heterocycles. The second kappa shape index (κ2) is 7.79. The summed E-state index contributed by atoms with van der Waals surface area (Å²) < 4.78 is 14.4. The molecule has 4 rings (SSSR count). The molecule has 2 heterocycles. The fourth-order valence-electron chi connectivity index (χ4n) is 3.10. The number of aromatic nitrogens is 4. The van der Waals surface area contributed by atoms with Gasteiger partial charge in [0.1, 0.15) is 0 Å². The van der Waals surface area contributed by atoms with Crippen LogP contribution in [0.3, 0.4) is 0 Å². The van der Waals surface area contributed by atoms with Crippen LogP contribution in [0.1, 0.15) is 30.5 Å². The third-order valence-corrected chi connectivity index (χ3v) is 5.91. The standard InChI is InChI=1S/C23H21FN4S/c1-16-4-6-17(7-5-16)23(2,3)18-8-10-20(11-9-18)29-21-13-25-22(26-14-21)28-15-19(24)12-27-28/h4-15H,1-3H3. The Morgan fingerprint density at radius 2 is 1.41 bits per heavy atom. The summed E-state index contributed by atoms with van der Waals surface area (Å²) in [6.45, 7) is 6.58. The normalized spacial score (nSPS) is 11.6. The van der Waals surface area contributed by atoms with Crippen LogP contribution in [0.4, 0.5) is 4.39 Å². The molecule has 0 amide bonds. The number of halogens is 1. The third kappa shape index (κ3) is 4.22. The Hall–Kier alpha value is -2.99. The van der Waals surface area contributed by atoms with Gasteiger partial charge in [0.25, 0.3) is 5.95 Å². The van der Waals surface area contributed by atoms with Gasteiger partial charge in [0.2, 0.25) is 0 Å². The lowest BCUT2D eigenvalue weighted by atomic mass is 9.78. The van der Waals surface area contributed by atoms with E-state index < -0.39 is 5.82 Å².